The van der Waals surface area contributed by atoms with Gasteiger partial charge in [0.15, 0.2) is 0 Å². The molecule has 1 aromatic heterocycles. The number of aromatic nitrogens is 1. The molecule has 0 spiro atoms. The molecule has 0 radical (unpaired) electrons. The second-order valence-corrected chi connectivity index (χ2v) is 7.36. The van der Waals surface area contributed by atoms with Crippen molar-refractivity contribution >= 4 is 17.5 Å². The van der Waals surface area contributed by atoms with Gasteiger partial charge < -0.3 is 14.6 Å². The zero-order valence-corrected chi connectivity index (χ0v) is 17.0. The Morgan fingerprint density at radius 2 is 1.87 bits per heavy atom. The Kier molecular flexibility index (Phi) is 6.74. The van der Waals surface area contributed by atoms with Gasteiger partial charge in [0.2, 0.25) is 0 Å². The number of benzene rings is 1. The fourth-order valence-electron chi connectivity index (χ4n) is 2.60. The number of pyridine rings is 1. The van der Waals surface area contributed by atoms with Crippen molar-refractivity contribution < 1.29 is 37.5 Å². The van der Waals surface area contributed by atoms with E-state index in [-0.39, 0.29) is 22.5 Å². The van der Waals surface area contributed by atoms with Crippen LogP contribution in [0.2, 0.25) is 0 Å². The predicted octanol–water partition coefficient (Wildman–Crippen LogP) is 4.52. The van der Waals surface area contributed by atoms with Crippen LogP contribution in [0.5, 0.6) is 5.88 Å². The van der Waals surface area contributed by atoms with E-state index in [1.165, 1.54) is 6.07 Å². The first-order valence-electron chi connectivity index (χ1n) is 8.81. The molecule has 1 heterocycles. The number of ether oxygens (including phenoxy) is 2. The minimum atomic E-state index is -4.76. The van der Waals surface area contributed by atoms with Crippen molar-refractivity contribution in [2.24, 2.45) is 0 Å². The van der Waals surface area contributed by atoms with Crippen molar-refractivity contribution in [1.82, 2.24) is 4.98 Å². The molecule has 2 aromatic rings. The lowest BCUT2D eigenvalue weighted by Crippen LogP contribution is -2.27. The summed E-state index contributed by atoms with van der Waals surface area (Å²) >= 11 is 0. The zero-order chi connectivity index (χ0) is 23.6. The van der Waals surface area contributed by atoms with Crippen LogP contribution in [-0.2, 0) is 17.5 Å². The van der Waals surface area contributed by atoms with Gasteiger partial charge in [0.05, 0.1) is 35.5 Å². The minimum Gasteiger partial charge on any atom is -0.476 e. The van der Waals surface area contributed by atoms with Gasteiger partial charge in [-0.3, -0.25) is 15.4 Å². The molecule has 0 bridgehead atoms. The Bertz CT molecular complexity index is 977. The maximum absolute atomic E-state index is 13.4. The molecule has 168 valence electrons. The van der Waals surface area contributed by atoms with Crippen molar-refractivity contribution in [1.29, 1.82) is 0 Å². The Balaban J connectivity index is 2.63. The maximum Gasteiger partial charge on any atom is 0.416 e. The first-order chi connectivity index (χ1) is 14.2. The lowest BCUT2D eigenvalue weighted by molar-refractivity contribution is -0.387. The SMILES string of the molecule is COc1nc(-c2cc(NC(=O)OC(C)(C)C)cc(C(F)(F)F)c2)cc(CO)c1[N+](=O)[O-]. The van der Waals surface area contributed by atoms with Gasteiger partial charge >= 0.3 is 18.0 Å². The molecule has 2 N–H and O–H groups in total. The van der Waals surface area contributed by atoms with E-state index in [2.05, 4.69) is 10.3 Å². The van der Waals surface area contributed by atoms with Crippen LogP contribution in [0.15, 0.2) is 24.3 Å². The summed E-state index contributed by atoms with van der Waals surface area (Å²) in [4.78, 5) is 26.3. The number of methoxy groups -OCH3 is 1. The number of nitrogens with one attached hydrogen (secondary N) is 1. The monoisotopic (exact) mass is 443 g/mol. The van der Waals surface area contributed by atoms with Crippen molar-refractivity contribution in [3.63, 3.8) is 0 Å². The molecule has 2 rings (SSSR count). The van der Waals surface area contributed by atoms with Gasteiger partial charge in [0, 0.05) is 11.3 Å². The largest absolute Gasteiger partial charge is 0.476 e. The molecule has 1 amide bonds. The second kappa shape index (κ2) is 8.76. The Morgan fingerprint density at radius 1 is 1.23 bits per heavy atom. The summed E-state index contributed by atoms with van der Waals surface area (Å²) < 4.78 is 50.2. The number of alkyl halides is 3. The van der Waals surface area contributed by atoms with Gasteiger partial charge in [-0.25, -0.2) is 9.78 Å². The average molecular weight is 443 g/mol. The standard InChI is InChI=1S/C19H20F3N3O6/c1-18(2,3)31-17(27)23-13-6-10(5-12(8-13)19(20,21)22)14-7-11(9-26)15(25(28)29)16(24-14)30-4/h5-8,26H,9H2,1-4H3,(H,23,27). The summed E-state index contributed by atoms with van der Waals surface area (Å²) in [6.07, 6.45) is -5.73. The molecule has 0 atom stereocenters. The molecule has 1 aromatic carbocycles. The number of aliphatic hydroxyl groups excluding tert-OH is 1. The minimum absolute atomic E-state index is 0.121. The van der Waals surface area contributed by atoms with Crippen LogP contribution >= 0.6 is 0 Å². The molecular formula is C19H20F3N3O6. The number of carbonyl (C=O) groups excluding carboxylic acids is 1. The fraction of sp³-hybridized carbons (Fsp3) is 0.368. The van der Waals surface area contributed by atoms with E-state index >= 15 is 0 Å². The fourth-order valence-corrected chi connectivity index (χ4v) is 2.60. The van der Waals surface area contributed by atoms with Crippen LogP contribution < -0.4 is 10.1 Å². The zero-order valence-electron chi connectivity index (χ0n) is 17.0. The van der Waals surface area contributed by atoms with E-state index in [0.29, 0.717) is 6.07 Å². The molecule has 0 saturated carbocycles. The average Bonchev–Trinajstić information content (AvgIpc) is 2.64. The molecular weight excluding hydrogens is 423 g/mol. The molecule has 0 fully saturated rings. The highest BCUT2D eigenvalue weighted by molar-refractivity contribution is 5.86. The molecule has 9 nitrogen and oxygen atoms in total. The van der Waals surface area contributed by atoms with Crippen LogP contribution in [0, 0.1) is 10.1 Å². The number of hydrogen-bond acceptors (Lipinski definition) is 7. The van der Waals surface area contributed by atoms with Crippen molar-refractivity contribution in [2.75, 3.05) is 12.4 Å². The Morgan fingerprint density at radius 3 is 2.35 bits per heavy atom. The van der Waals surface area contributed by atoms with Crippen LogP contribution in [0.3, 0.4) is 0 Å². The number of hydrogen-bond donors (Lipinski definition) is 2. The number of aliphatic hydroxyl groups is 1. The smallest absolute Gasteiger partial charge is 0.416 e. The summed E-state index contributed by atoms with van der Waals surface area (Å²) in [6, 6.07) is 3.74. The number of nitrogens with zero attached hydrogens (tertiary/aromatic N) is 2. The quantitative estimate of drug-likeness (QED) is 0.514. The van der Waals surface area contributed by atoms with Gasteiger partial charge in [-0.05, 0) is 45.0 Å². The molecule has 0 aliphatic rings. The van der Waals surface area contributed by atoms with E-state index in [1.54, 1.807) is 20.8 Å². The highest BCUT2D eigenvalue weighted by Crippen LogP contribution is 2.37. The van der Waals surface area contributed by atoms with E-state index < -0.39 is 46.5 Å². The number of nitro groups is 1. The van der Waals surface area contributed by atoms with Crippen LogP contribution in [0.25, 0.3) is 11.3 Å². The number of carbonyl (C=O) groups is 1. The highest BCUT2D eigenvalue weighted by Gasteiger charge is 2.32. The molecule has 31 heavy (non-hydrogen) atoms. The number of rotatable bonds is 5. The number of anilines is 1. The van der Waals surface area contributed by atoms with Crippen molar-refractivity contribution in [3.8, 4) is 17.1 Å². The van der Waals surface area contributed by atoms with Crippen LogP contribution in [0.4, 0.5) is 29.3 Å². The van der Waals surface area contributed by atoms with Gasteiger partial charge in [0.25, 0.3) is 5.88 Å². The van der Waals surface area contributed by atoms with Gasteiger partial charge in [-0.2, -0.15) is 13.2 Å². The van der Waals surface area contributed by atoms with E-state index in [0.717, 1.165) is 19.2 Å². The molecule has 12 heteroatoms. The van der Waals surface area contributed by atoms with Gasteiger partial charge in [-0.1, -0.05) is 0 Å². The molecule has 0 saturated heterocycles. The molecule has 0 aliphatic heterocycles. The Hall–Kier alpha value is -3.41. The van der Waals surface area contributed by atoms with Crippen molar-refractivity contribution in [2.45, 2.75) is 39.2 Å². The normalized spacial score (nSPS) is 11.7. The summed E-state index contributed by atoms with van der Waals surface area (Å²) in [5, 5.41) is 23.0. The van der Waals surface area contributed by atoms with Crippen LogP contribution in [-0.4, -0.2) is 33.8 Å². The lowest BCUT2D eigenvalue weighted by Gasteiger charge is -2.20. The second-order valence-electron chi connectivity index (χ2n) is 7.36. The third-order valence-corrected chi connectivity index (χ3v) is 3.79. The lowest BCUT2D eigenvalue weighted by atomic mass is 10.0. The summed E-state index contributed by atoms with van der Waals surface area (Å²) in [5.41, 5.74) is -3.27. The van der Waals surface area contributed by atoms with Gasteiger partial charge in [0.1, 0.15) is 5.60 Å². The maximum atomic E-state index is 13.4. The summed E-state index contributed by atoms with van der Waals surface area (Å²) in [5.74, 6) is -0.481. The summed E-state index contributed by atoms with van der Waals surface area (Å²) in [6.45, 7) is 4.00. The number of halogens is 3. The Labute approximate surface area is 175 Å². The highest BCUT2D eigenvalue weighted by atomic mass is 19.4. The first-order valence-corrected chi connectivity index (χ1v) is 8.81. The van der Waals surface area contributed by atoms with Crippen molar-refractivity contribution in [3.05, 3.63) is 45.5 Å². The van der Waals surface area contributed by atoms with E-state index in [1.807, 2.05) is 0 Å². The first kappa shape index (κ1) is 23.9. The topological polar surface area (TPSA) is 124 Å². The van der Waals surface area contributed by atoms with Gasteiger partial charge in [-0.15, -0.1) is 0 Å². The summed E-state index contributed by atoms with van der Waals surface area (Å²) in [7, 11) is 1.10. The third-order valence-electron chi connectivity index (χ3n) is 3.79. The molecule has 0 aliphatic carbocycles. The van der Waals surface area contributed by atoms with Crippen LogP contribution in [0.1, 0.15) is 31.9 Å². The number of amides is 1. The van der Waals surface area contributed by atoms with E-state index in [4.69, 9.17) is 9.47 Å². The predicted molar refractivity (Wildman–Crippen MR) is 104 cm³/mol. The third kappa shape index (κ3) is 6.04. The van der Waals surface area contributed by atoms with E-state index in [9.17, 15) is 33.2 Å². The molecule has 0 unspecified atom stereocenters.